The quantitative estimate of drug-likeness (QED) is 0.846. The molecule has 5 heteroatoms. The molecule has 3 nitrogen and oxygen atoms in total. The van der Waals surface area contributed by atoms with Gasteiger partial charge in [0.05, 0.1) is 0 Å². The molecule has 1 amide bonds. The summed E-state index contributed by atoms with van der Waals surface area (Å²) < 4.78 is 0. The van der Waals surface area contributed by atoms with Gasteiger partial charge in [-0.2, -0.15) is 11.8 Å². The highest BCUT2D eigenvalue weighted by Gasteiger charge is 2.28. The molecule has 18 heavy (non-hydrogen) atoms. The predicted molar refractivity (Wildman–Crippen MR) is 80.6 cm³/mol. The largest absolute Gasteiger partial charge is 0.340 e. The van der Waals surface area contributed by atoms with Crippen LogP contribution < -0.4 is 5.32 Å². The monoisotopic (exact) mass is 292 g/mol. The van der Waals surface area contributed by atoms with Crippen molar-refractivity contribution >= 4 is 30.1 Å². The van der Waals surface area contributed by atoms with E-state index >= 15 is 0 Å². The minimum absolute atomic E-state index is 0. The zero-order chi connectivity index (χ0) is 12.3. The van der Waals surface area contributed by atoms with Gasteiger partial charge in [0.2, 0.25) is 5.91 Å². The van der Waals surface area contributed by atoms with Gasteiger partial charge in [0.25, 0.3) is 0 Å². The lowest BCUT2D eigenvalue weighted by atomic mass is 9.94. The molecule has 1 N–H and O–H groups in total. The van der Waals surface area contributed by atoms with E-state index in [4.69, 9.17) is 0 Å². The van der Waals surface area contributed by atoms with Gasteiger partial charge in [-0.05, 0) is 25.7 Å². The summed E-state index contributed by atoms with van der Waals surface area (Å²) in [5, 5.41) is 3.45. The van der Waals surface area contributed by atoms with Gasteiger partial charge in [0, 0.05) is 43.1 Å². The molecule has 3 unspecified atom stereocenters. The van der Waals surface area contributed by atoms with Gasteiger partial charge in [-0.3, -0.25) is 4.79 Å². The van der Waals surface area contributed by atoms with Crippen molar-refractivity contribution in [1.29, 1.82) is 0 Å². The fourth-order valence-electron chi connectivity index (χ4n) is 2.72. The predicted octanol–water partition coefficient (Wildman–Crippen LogP) is 2.15. The number of amides is 1. The van der Waals surface area contributed by atoms with E-state index < -0.39 is 0 Å². The highest BCUT2D eigenvalue weighted by molar-refractivity contribution is 7.99. The van der Waals surface area contributed by atoms with Crippen molar-refractivity contribution in [3.05, 3.63) is 0 Å². The number of hydrogen-bond donors (Lipinski definition) is 1. The number of piperidine rings is 1. The van der Waals surface area contributed by atoms with Crippen LogP contribution in [0.15, 0.2) is 0 Å². The van der Waals surface area contributed by atoms with Crippen LogP contribution in [-0.2, 0) is 4.79 Å². The Labute approximate surface area is 121 Å². The van der Waals surface area contributed by atoms with Crippen LogP contribution in [0.3, 0.4) is 0 Å². The summed E-state index contributed by atoms with van der Waals surface area (Å²) in [7, 11) is 0. The summed E-state index contributed by atoms with van der Waals surface area (Å²) in [6, 6.07) is 0.834. The summed E-state index contributed by atoms with van der Waals surface area (Å²) in [6.45, 7) is 6.45. The molecule has 2 rings (SSSR count). The molecule has 2 saturated heterocycles. The molecule has 0 saturated carbocycles. The van der Waals surface area contributed by atoms with Crippen molar-refractivity contribution in [3.63, 3.8) is 0 Å². The van der Waals surface area contributed by atoms with E-state index in [0.29, 0.717) is 30.3 Å². The van der Waals surface area contributed by atoms with Crippen molar-refractivity contribution in [3.8, 4) is 0 Å². The van der Waals surface area contributed by atoms with Gasteiger partial charge in [0.1, 0.15) is 0 Å². The number of halogens is 1. The first kappa shape index (κ1) is 16.1. The molecule has 0 aromatic heterocycles. The smallest absolute Gasteiger partial charge is 0.224 e. The third-order valence-corrected chi connectivity index (χ3v) is 4.99. The van der Waals surface area contributed by atoms with Crippen molar-refractivity contribution in [2.75, 3.05) is 24.6 Å². The van der Waals surface area contributed by atoms with E-state index in [2.05, 4.69) is 24.1 Å². The van der Waals surface area contributed by atoms with E-state index in [9.17, 15) is 4.79 Å². The second-order valence-corrected chi connectivity index (χ2v) is 6.66. The van der Waals surface area contributed by atoms with Gasteiger partial charge in [-0.15, -0.1) is 12.4 Å². The Balaban J connectivity index is 0.00000162. The molecular weight excluding hydrogens is 268 g/mol. The van der Waals surface area contributed by atoms with Crippen LogP contribution in [0.25, 0.3) is 0 Å². The van der Waals surface area contributed by atoms with Gasteiger partial charge in [0.15, 0.2) is 0 Å². The number of thioether (sulfide) groups is 1. The number of carbonyl (C=O) groups is 1. The van der Waals surface area contributed by atoms with Crippen LogP contribution in [-0.4, -0.2) is 47.5 Å². The first-order valence-electron chi connectivity index (χ1n) is 6.77. The van der Waals surface area contributed by atoms with Crippen molar-refractivity contribution < 1.29 is 4.79 Å². The Kier molecular flexibility index (Phi) is 6.82. The third kappa shape index (κ3) is 4.32. The first-order valence-corrected chi connectivity index (χ1v) is 7.93. The maximum Gasteiger partial charge on any atom is 0.224 e. The molecule has 2 fully saturated rings. The second-order valence-electron chi connectivity index (χ2n) is 5.51. The van der Waals surface area contributed by atoms with Crippen molar-refractivity contribution in [2.24, 2.45) is 5.92 Å². The Bertz CT molecular complexity index is 272. The second kappa shape index (κ2) is 7.61. The number of rotatable bonds is 2. The van der Waals surface area contributed by atoms with Crippen LogP contribution in [0.4, 0.5) is 0 Å². The van der Waals surface area contributed by atoms with Crippen molar-refractivity contribution in [2.45, 2.75) is 45.2 Å². The van der Waals surface area contributed by atoms with E-state index in [0.717, 1.165) is 18.8 Å². The third-order valence-electron chi connectivity index (χ3n) is 3.86. The van der Waals surface area contributed by atoms with Crippen molar-refractivity contribution in [1.82, 2.24) is 10.2 Å². The lowest BCUT2D eigenvalue weighted by Crippen LogP contribution is -2.48. The fraction of sp³-hybridized carbons (Fsp3) is 0.923. The van der Waals surface area contributed by atoms with Gasteiger partial charge < -0.3 is 10.2 Å². The zero-order valence-corrected chi connectivity index (χ0v) is 13.0. The van der Waals surface area contributed by atoms with Gasteiger partial charge in [-0.25, -0.2) is 0 Å². The lowest BCUT2D eigenvalue weighted by Gasteiger charge is -2.38. The number of nitrogens with one attached hydrogen (secondary N) is 1. The highest BCUT2D eigenvalue weighted by atomic mass is 35.5. The lowest BCUT2D eigenvalue weighted by molar-refractivity contribution is -0.135. The summed E-state index contributed by atoms with van der Waals surface area (Å²) in [5.74, 6) is 3.29. The van der Waals surface area contributed by atoms with E-state index in [1.165, 1.54) is 18.6 Å². The average Bonchev–Trinajstić information content (AvgIpc) is 2.33. The SMILES string of the molecule is CC1CCC(C)N(C(=O)CC2CSCCN2)C1.Cl. The summed E-state index contributed by atoms with van der Waals surface area (Å²) in [4.78, 5) is 14.4. The number of nitrogens with zero attached hydrogens (tertiary/aromatic N) is 1. The Morgan fingerprint density at radius 3 is 2.83 bits per heavy atom. The summed E-state index contributed by atoms with van der Waals surface area (Å²) in [5.41, 5.74) is 0. The minimum atomic E-state index is 0. The van der Waals surface area contributed by atoms with Crippen LogP contribution >= 0.6 is 24.2 Å². The Morgan fingerprint density at radius 2 is 2.17 bits per heavy atom. The standard InChI is InChI=1S/C13H24N2OS.ClH/c1-10-3-4-11(2)15(8-10)13(16)7-12-9-17-6-5-14-12;/h10-12,14H,3-9H2,1-2H3;1H. The Morgan fingerprint density at radius 1 is 1.39 bits per heavy atom. The highest BCUT2D eigenvalue weighted by Crippen LogP contribution is 2.22. The summed E-state index contributed by atoms with van der Waals surface area (Å²) in [6.07, 6.45) is 3.12. The maximum atomic E-state index is 12.3. The van der Waals surface area contributed by atoms with E-state index in [-0.39, 0.29) is 12.4 Å². The molecule has 0 aromatic carbocycles. The topological polar surface area (TPSA) is 32.3 Å². The molecule has 2 aliphatic rings. The summed E-state index contributed by atoms with van der Waals surface area (Å²) >= 11 is 1.96. The molecule has 2 heterocycles. The van der Waals surface area contributed by atoms with Crippen LogP contribution in [0.5, 0.6) is 0 Å². The number of hydrogen-bond acceptors (Lipinski definition) is 3. The molecule has 0 aliphatic carbocycles. The van der Waals surface area contributed by atoms with Crippen LogP contribution in [0, 0.1) is 5.92 Å². The van der Waals surface area contributed by atoms with Crippen LogP contribution in [0.2, 0.25) is 0 Å². The van der Waals surface area contributed by atoms with E-state index in [1.54, 1.807) is 0 Å². The molecule has 0 bridgehead atoms. The minimum Gasteiger partial charge on any atom is -0.340 e. The first-order chi connectivity index (χ1) is 8.16. The normalized spacial score (nSPS) is 32.8. The maximum absolute atomic E-state index is 12.3. The zero-order valence-electron chi connectivity index (χ0n) is 11.4. The van der Waals surface area contributed by atoms with E-state index in [1.807, 2.05) is 11.8 Å². The molecule has 3 atom stereocenters. The molecular formula is C13H25ClN2OS. The van der Waals surface area contributed by atoms with Crippen LogP contribution in [0.1, 0.15) is 33.1 Å². The average molecular weight is 293 g/mol. The molecule has 0 radical (unpaired) electrons. The molecule has 2 aliphatic heterocycles. The Hall–Kier alpha value is 0.0700. The van der Waals surface area contributed by atoms with Gasteiger partial charge >= 0.3 is 0 Å². The number of likely N-dealkylation sites (tertiary alicyclic amines) is 1. The van der Waals surface area contributed by atoms with Gasteiger partial charge in [-0.1, -0.05) is 6.92 Å². The fourth-order valence-corrected chi connectivity index (χ4v) is 3.66. The molecule has 106 valence electrons. The molecule has 0 spiro atoms. The number of carbonyl (C=O) groups excluding carboxylic acids is 1. The molecule has 0 aromatic rings.